The lowest BCUT2D eigenvalue weighted by molar-refractivity contribution is 1.07. The molecule has 0 saturated heterocycles. The van der Waals surface area contributed by atoms with Crippen molar-refractivity contribution < 1.29 is 0 Å². The molecule has 4 aromatic heterocycles. The minimum Gasteiger partial charge on any atom is -0.309 e. The summed E-state index contributed by atoms with van der Waals surface area (Å²) in [7, 11) is 0. The summed E-state index contributed by atoms with van der Waals surface area (Å²) in [6, 6.07) is 95.5. The zero-order valence-corrected chi connectivity index (χ0v) is 40.6. The van der Waals surface area contributed by atoms with Crippen molar-refractivity contribution in [3.8, 4) is 73.5 Å². The van der Waals surface area contributed by atoms with Crippen LogP contribution in [0.1, 0.15) is 0 Å². The minimum atomic E-state index is 0.639. The maximum atomic E-state index is 4.95. The van der Waals surface area contributed by atoms with Gasteiger partial charge < -0.3 is 13.7 Å². The maximum Gasteiger partial charge on any atom is 0.164 e. The van der Waals surface area contributed by atoms with E-state index in [9.17, 15) is 0 Å². The lowest BCUT2D eigenvalue weighted by Crippen LogP contribution is -2.00. The van der Waals surface area contributed by atoms with Gasteiger partial charge in [0.25, 0.3) is 0 Å². The largest absolute Gasteiger partial charge is 0.309 e. The highest BCUT2D eigenvalue weighted by atomic mass is 15.0. The molecule has 4 heterocycles. The Hall–Kier alpha value is -10.2. The van der Waals surface area contributed by atoms with Crippen molar-refractivity contribution in [1.29, 1.82) is 0 Å². The maximum absolute atomic E-state index is 4.95. The first-order valence-corrected chi connectivity index (χ1v) is 25.4. The summed E-state index contributed by atoms with van der Waals surface area (Å²) in [5.74, 6) is 1.94. The average Bonchev–Trinajstić information content (AvgIpc) is 4.16. The van der Waals surface area contributed by atoms with Crippen LogP contribution in [-0.2, 0) is 0 Å². The van der Waals surface area contributed by atoms with Crippen LogP contribution >= 0.6 is 0 Å². The molecule has 11 aromatic carbocycles. The summed E-state index contributed by atoms with van der Waals surface area (Å²) in [6.45, 7) is 0. The predicted octanol–water partition coefficient (Wildman–Crippen LogP) is 17.5. The Morgan fingerprint density at radius 1 is 0.187 bits per heavy atom. The fourth-order valence-electron chi connectivity index (χ4n) is 11.4. The Morgan fingerprint density at radius 2 is 0.480 bits per heavy atom. The van der Waals surface area contributed by atoms with Gasteiger partial charge in [0.15, 0.2) is 17.5 Å². The van der Waals surface area contributed by atoms with Crippen molar-refractivity contribution in [2.75, 3.05) is 0 Å². The molecule has 0 radical (unpaired) electrons. The molecule has 0 saturated carbocycles. The molecule has 0 unspecified atom stereocenters. The molecular formula is C69H44N6. The molecule has 0 aliphatic heterocycles. The Labute approximate surface area is 432 Å². The Bertz CT molecular complexity index is 4560. The van der Waals surface area contributed by atoms with Crippen LogP contribution in [-0.4, -0.2) is 28.7 Å². The van der Waals surface area contributed by atoms with Gasteiger partial charge in [0, 0.05) is 66.1 Å². The summed E-state index contributed by atoms with van der Waals surface area (Å²) < 4.78 is 7.21. The van der Waals surface area contributed by atoms with Crippen LogP contribution in [0.2, 0.25) is 0 Å². The van der Waals surface area contributed by atoms with Gasteiger partial charge in [-0.15, -0.1) is 0 Å². The van der Waals surface area contributed by atoms with Gasteiger partial charge in [-0.25, -0.2) is 15.0 Å². The SMILES string of the molecule is c1ccc(-c2nc(-c3ccccc3)nc(-c3ccc(-c4ccc(-n5c6ccccc6c6cc(-c7ccc8c(c7)c7cc(-n9c%10ccccc%10c%10ccccc%109)ccc7n8-c7ccccc7)ccc65)cc4)cc3)n2)cc1. The van der Waals surface area contributed by atoms with E-state index in [2.05, 4.69) is 220 Å². The van der Waals surface area contributed by atoms with Gasteiger partial charge in [0.1, 0.15) is 0 Å². The second kappa shape index (κ2) is 17.3. The van der Waals surface area contributed by atoms with E-state index in [0.717, 1.165) is 50.4 Å². The van der Waals surface area contributed by atoms with E-state index in [1.807, 2.05) is 60.7 Å². The van der Waals surface area contributed by atoms with Crippen molar-refractivity contribution >= 4 is 65.4 Å². The monoisotopic (exact) mass is 956 g/mol. The van der Waals surface area contributed by atoms with Crippen LogP contribution in [0.15, 0.2) is 267 Å². The van der Waals surface area contributed by atoms with E-state index < -0.39 is 0 Å². The van der Waals surface area contributed by atoms with Crippen molar-refractivity contribution in [2.45, 2.75) is 0 Å². The molecular weight excluding hydrogens is 913 g/mol. The van der Waals surface area contributed by atoms with Gasteiger partial charge in [-0.2, -0.15) is 0 Å². The molecule has 75 heavy (non-hydrogen) atoms. The van der Waals surface area contributed by atoms with Crippen molar-refractivity contribution in [3.63, 3.8) is 0 Å². The highest BCUT2D eigenvalue weighted by Gasteiger charge is 2.19. The molecule has 6 heteroatoms. The Kier molecular flexibility index (Phi) is 9.78. The zero-order valence-electron chi connectivity index (χ0n) is 40.6. The first-order chi connectivity index (χ1) is 37.2. The molecule has 15 rings (SSSR count). The normalized spacial score (nSPS) is 11.7. The number of aromatic nitrogens is 6. The predicted molar refractivity (Wildman–Crippen MR) is 310 cm³/mol. The number of nitrogens with zero attached hydrogens (tertiary/aromatic N) is 6. The van der Waals surface area contributed by atoms with Crippen LogP contribution in [0.5, 0.6) is 0 Å². The van der Waals surface area contributed by atoms with Gasteiger partial charge in [-0.3, -0.25) is 0 Å². The van der Waals surface area contributed by atoms with Crippen LogP contribution in [0.3, 0.4) is 0 Å². The summed E-state index contributed by atoms with van der Waals surface area (Å²) in [6.07, 6.45) is 0. The zero-order chi connectivity index (χ0) is 49.4. The van der Waals surface area contributed by atoms with Crippen molar-refractivity contribution in [1.82, 2.24) is 28.7 Å². The van der Waals surface area contributed by atoms with Crippen LogP contribution in [0.25, 0.3) is 139 Å². The number of hydrogen-bond donors (Lipinski definition) is 0. The third kappa shape index (κ3) is 7.07. The van der Waals surface area contributed by atoms with Gasteiger partial charge in [-0.1, -0.05) is 182 Å². The first kappa shape index (κ1) is 42.5. The van der Waals surface area contributed by atoms with Gasteiger partial charge in [0.05, 0.1) is 33.1 Å². The van der Waals surface area contributed by atoms with Gasteiger partial charge in [-0.05, 0) is 107 Å². The number of fused-ring (bicyclic) bond motifs is 9. The second-order valence-electron chi connectivity index (χ2n) is 19.2. The van der Waals surface area contributed by atoms with Crippen LogP contribution in [0.4, 0.5) is 0 Å². The van der Waals surface area contributed by atoms with Crippen molar-refractivity contribution in [3.05, 3.63) is 267 Å². The van der Waals surface area contributed by atoms with Gasteiger partial charge in [0.2, 0.25) is 0 Å². The number of para-hydroxylation sites is 4. The lowest BCUT2D eigenvalue weighted by Gasteiger charge is -2.11. The minimum absolute atomic E-state index is 0.639. The molecule has 0 atom stereocenters. The summed E-state index contributed by atoms with van der Waals surface area (Å²) in [4.78, 5) is 14.8. The van der Waals surface area contributed by atoms with E-state index in [1.165, 1.54) is 71.0 Å². The number of rotatable bonds is 8. The third-order valence-electron chi connectivity index (χ3n) is 14.9. The van der Waals surface area contributed by atoms with E-state index in [1.54, 1.807) is 0 Å². The first-order valence-electron chi connectivity index (χ1n) is 25.4. The summed E-state index contributed by atoms with van der Waals surface area (Å²) >= 11 is 0. The molecule has 0 bridgehead atoms. The molecule has 0 fully saturated rings. The average molecular weight is 957 g/mol. The summed E-state index contributed by atoms with van der Waals surface area (Å²) in [5, 5.41) is 7.37. The third-order valence-corrected chi connectivity index (χ3v) is 14.9. The smallest absolute Gasteiger partial charge is 0.164 e. The Balaban J connectivity index is 0.794. The van der Waals surface area contributed by atoms with Crippen LogP contribution in [0, 0.1) is 0 Å². The fourth-order valence-corrected chi connectivity index (χ4v) is 11.4. The molecule has 350 valence electrons. The highest BCUT2D eigenvalue weighted by Crippen LogP contribution is 2.41. The fraction of sp³-hybridized carbons (Fsp3) is 0. The van der Waals surface area contributed by atoms with Gasteiger partial charge >= 0.3 is 0 Å². The van der Waals surface area contributed by atoms with E-state index in [0.29, 0.717) is 17.5 Å². The highest BCUT2D eigenvalue weighted by molar-refractivity contribution is 6.14. The molecule has 15 aromatic rings. The second-order valence-corrected chi connectivity index (χ2v) is 19.2. The van der Waals surface area contributed by atoms with Crippen molar-refractivity contribution in [2.24, 2.45) is 0 Å². The quantitative estimate of drug-likeness (QED) is 0.152. The molecule has 0 N–H and O–H groups in total. The van der Waals surface area contributed by atoms with E-state index in [-0.39, 0.29) is 0 Å². The number of hydrogen-bond acceptors (Lipinski definition) is 3. The van der Waals surface area contributed by atoms with Crippen LogP contribution < -0.4 is 0 Å². The van der Waals surface area contributed by atoms with E-state index in [4.69, 9.17) is 15.0 Å². The molecule has 6 nitrogen and oxygen atoms in total. The molecule has 0 amide bonds. The Morgan fingerprint density at radius 3 is 0.973 bits per heavy atom. The molecule has 0 aliphatic rings. The molecule has 0 spiro atoms. The lowest BCUT2D eigenvalue weighted by atomic mass is 10.0. The topological polar surface area (TPSA) is 53.5 Å². The summed E-state index contributed by atoms with van der Waals surface area (Å²) in [5.41, 5.74) is 17.9. The molecule has 0 aliphatic carbocycles. The number of benzene rings is 11. The van der Waals surface area contributed by atoms with E-state index >= 15 is 0 Å². The standard InChI is InChI=1S/C69H44N6/c1-4-16-47(17-5-1)67-70-68(48-18-6-2-7-19-48)72-69(71-67)49-30-28-45(29-31-49)46-32-36-53(37-33-46)74-63-27-15-12-24-57(63)58-42-50(34-39-64(58)74)51-35-40-65-59(43-51)60-44-54(38-41-66(60)73(65)52-20-8-3-9-21-52)75-61-25-13-10-22-55(61)56-23-11-14-26-62(56)75/h1-44H.